The van der Waals surface area contributed by atoms with Crippen LogP contribution in [-0.2, 0) is 6.54 Å². The van der Waals surface area contributed by atoms with Gasteiger partial charge in [-0.05, 0) is 74.8 Å². The molecule has 1 aliphatic heterocycles. The molecule has 1 N–H and O–H groups in total. The van der Waals surface area contributed by atoms with Gasteiger partial charge in [0.25, 0.3) is 5.91 Å². The van der Waals surface area contributed by atoms with Crippen LogP contribution in [0.5, 0.6) is 11.5 Å². The van der Waals surface area contributed by atoms with Gasteiger partial charge in [0.1, 0.15) is 18.1 Å². The number of hydrogen-bond donors (Lipinski definition) is 1. The van der Waals surface area contributed by atoms with Crippen LogP contribution in [0.25, 0.3) is 0 Å². The highest BCUT2D eigenvalue weighted by Crippen LogP contribution is 2.17. The lowest BCUT2D eigenvalue weighted by atomic mass is 10.1. The van der Waals surface area contributed by atoms with Gasteiger partial charge in [0, 0.05) is 12.1 Å². The molecule has 0 aliphatic carbocycles. The predicted molar refractivity (Wildman–Crippen MR) is 106 cm³/mol. The SMILES string of the molecule is COc1ccc(OC[C@H](C)NC(=O)c2ccc(CN3CCCC3)cc2)cc1. The summed E-state index contributed by atoms with van der Waals surface area (Å²) in [4.78, 5) is 14.9. The van der Waals surface area contributed by atoms with E-state index in [1.165, 1.54) is 31.5 Å². The van der Waals surface area contributed by atoms with Gasteiger partial charge in [0.05, 0.1) is 13.2 Å². The smallest absolute Gasteiger partial charge is 0.251 e. The quantitative estimate of drug-likeness (QED) is 0.775. The fourth-order valence-electron chi connectivity index (χ4n) is 3.20. The first-order valence-corrected chi connectivity index (χ1v) is 9.53. The number of nitrogens with zero attached hydrogens (tertiary/aromatic N) is 1. The van der Waals surface area contributed by atoms with Crippen molar-refractivity contribution in [3.05, 3.63) is 59.7 Å². The number of benzene rings is 2. The van der Waals surface area contributed by atoms with E-state index >= 15 is 0 Å². The number of likely N-dealkylation sites (tertiary alicyclic amines) is 1. The maximum absolute atomic E-state index is 12.4. The Balaban J connectivity index is 1.45. The van der Waals surface area contributed by atoms with Crippen molar-refractivity contribution in [2.75, 3.05) is 26.8 Å². The highest BCUT2D eigenvalue weighted by molar-refractivity contribution is 5.94. The van der Waals surface area contributed by atoms with Gasteiger partial charge in [0.2, 0.25) is 0 Å². The zero-order chi connectivity index (χ0) is 19.1. The van der Waals surface area contributed by atoms with Crippen molar-refractivity contribution in [2.45, 2.75) is 32.4 Å². The van der Waals surface area contributed by atoms with Crippen LogP contribution >= 0.6 is 0 Å². The lowest BCUT2D eigenvalue weighted by Crippen LogP contribution is -2.36. The van der Waals surface area contributed by atoms with E-state index in [0.717, 1.165) is 18.0 Å². The summed E-state index contributed by atoms with van der Waals surface area (Å²) >= 11 is 0. The first-order chi connectivity index (χ1) is 13.1. The minimum atomic E-state index is -0.0936. The molecule has 0 spiro atoms. The van der Waals surface area contributed by atoms with Gasteiger partial charge >= 0.3 is 0 Å². The maximum atomic E-state index is 12.4. The Hall–Kier alpha value is -2.53. The number of ether oxygens (including phenoxy) is 2. The molecule has 0 saturated carbocycles. The van der Waals surface area contributed by atoms with Crippen molar-refractivity contribution < 1.29 is 14.3 Å². The van der Waals surface area contributed by atoms with Gasteiger partial charge < -0.3 is 14.8 Å². The molecule has 1 heterocycles. The molecule has 2 aromatic carbocycles. The Morgan fingerprint density at radius 2 is 1.67 bits per heavy atom. The molecule has 0 unspecified atom stereocenters. The molecule has 0 aromatic heterocycles. The number of hydrogen-bond acceptors (Lipinski definition) is 4. The summed E-state index contributed by atoms with van der Waals surface area (Å²) in [6.07, 6.45) is 2.58. The van der Waals surface area contributed by atoms with Crippen molar-refractivity contribution in [1.82, 2.24) is 10.2 Å². The van der Waals surface area contributed by atoms with E-state index in [9.17, 15) is 4.79 Å². The van der Waals surface area contributed by atoms with Crippen molar-refractivity contribution >= 4 is 5.91 Å². The van der Waals surface area contributed by atoms with Crippen molar-refractivity contribution in [3.8, 4) is 11.5 Å². The highest BCUT2D eigenvalue weighted by Gasteiger charge is 2.13. The van der Waals surface area contributed by atoms with Crippen LogP contribution in [0.2, 0.25) is 0 Å². The van der Waals surface area contributed by atoms with Gasteiger partial charge in [-0.25, -0.2) is 0 Å². The summed E-state index contributed by atoms with van der Waals surface area (Å²) in [5.74, 6) is 1.47. The summed E-state index contributed by atoms with van der Waals surface area (Å²) in [7, 11) is 1.63. The van der Waals surface area contributed by atoms with Crippen molar-refractivity contribution in [2.24, 2.45) is 0 Å². The lowest BCUT2D eigenvalue weighted by molar-refractivity contribution is 0.0926. The lowest BCUT2D eigenvalue weighted by Gasteiger charge is -2.16. The molecule has 1 fully saturated rings. The summed E-state index contributed by atoms with van der Waals surface area (Å²) in [5, 5.41) is 2.98. The number of carbonyl (C=O) groups excluding carboxylic acids is 1. The average molecular weight is 368 g/mol. The fraction of sp³-hybridized carbons (Fsp3) is 0.409. The number of amides is 1. The molecule has 1 amide bonds. The van der Waals surface area contributed by atoms with E-state index in [1.54, 1.807) is 7.11 Å². The number of methoxy groups -OCH3 is 1. The Morgan fingerprint density at radius 1 is 1.04 bits per heavy atom. The molecule has 3 rings (SSSR count). The predicted octanol–water partition coefficient (Wildman–Crippen LogP) is 3.49. The number of rotatable bonds is 8. The Kier molecular flexibility index (Phi) is 6.71. The van der Waals surface area contributed by atoms with E-state index in [1.807, 2.05) is 55.5 Å². The highest BCUT2D eigenvalue weighted by atomic mass is 16.5. The normalized spacial score (nSPS) is 15.3. The van der Waals surface area contributed by atoms with Crippen LogP contribution in [0, 0.1) is 0 Å². The average Bonchev–Trinajstić information content (AvgIpc) is 3.20. The molecule has 1 aliphatic rings. The van der Waals surface area contributed by atoms with E-state index in [4.69, 9.17) is 9.47 Å². The third kappa shape index (κ3) is 5.73. The Morgan fingerprint density at radius 3 is 2.30 bits per heavy atom. The zero-order valence-corrected chi connectivity index (χ0v) is 16.1. The second kappa shape index (κ2) is 9.42. The van der Waals surface area contributed by atoms with Crippen LogP contribution < -0.4 is 14.8 Å². The van der Waals surface area contributed by atoms with E-state index in [-0.39, 0.29) is 11.9 Å². The molecule has 0 bridgehead atoms. The van der Waals surface area contributed by atoms with Crippen LogP contribution in [-0.4, -0.2) is 43.7 Å². The van der Waals surface area contributed by atoms with Gasteiger partial charge in [-0.2, -0.15) is 0 Å². The summed E-state index contributed by atoms with van der Waals surface area (Å²) < 4.78 is 10.8. The molecule has 5 heteroatoms. The first kappa shape index (κ1) is 19.2. The molecular weight excluding hydrogens is 340 g/mol. The second-order valence-corrected chi connectivity index (χ2v) is 7.04. The minimum absolute atomic E-state index is 0.0754. The maximum Gasteiger partial charge on any atom is 0.251 e. The van der Waals surface area contributed by atoms with E-state index in [0.29, 0.717) is 12.2 Å². The largest absolute Gasteiger partial charge is 0.497 e. The standard InChI is InChI=1S/C22H28N2O3/c1-17(16-27-21-11-9-20(26-2)10-12-21)23-22(25)19-7-5-18(6-8-19)15-24-13-3-4-14-24/h5-12,17H,3-4,13-16H2,1-2H3,(H,23,25)/t17-/m0/s1. The van der Waals surface area contributed by atoms with Crippen LogP contribution in [0.1, 0.15) is 35.7 Å². The topological polar surface area (TPSA) is 50.8 Å². The molecule has 2 aromatic rings. The third-order valence-corrected chi connectivity index (χ3v) is 4.76. The van der Waals surface area contributed by atoms with Gasteiger partial charge in [0.15, 0.2) is 0 Å². The Bertz CT molecular complexity index is 722. The van der Waals surface area contributed by atoms with Crippen molar-refractivity contribution in [3.63, 3.8) is 0 Å². The van der Waals surface area contributed by atoms with Crippen LogP contribution in [0.4, 0.5) is 0 Å². The van der Waals surface area contributed by atoms with Gasteiger partial charge in [-0.1, -0.05) is 12.1 Å². The first-order valence-electron chi connectivity index (χ1n) is 9.53. The molecule has 1 atom stereocenters. The minimum Gasteiger partial charge on any atom is -0.497 e. The molecule has 27 heavy (non-hydrogen) atoms. The summed E-state index contributed by atoms with van der Waals surface area (Å²) in [6.45, 7) is 5.66. The third-order valence-electron chi connectivity index (χ3n) is 4.76. The van der Waals surface area contributed by atoms with Gasteiger partial charge in [-0.3, -0.25) is 9.69 Å². The van der Waals surface area contributed by atoms with E-state index in [2.05, 4.69) is 10.2 Å². The Labute approximate surface area is 161 Å². The molecule has 5 nitrogen and oxygen atoms in total. The van der Waals surface area contributed by atoms with Crippen LogP contribution in [0.15, 0.2) is 48.5 Å². The second-order valence-electron chi connectivity index (χ2n) is 7.04. The van der Waals surface area contributed by atoms with Crippen molar-refractivity contribution in [1.29, 1.82) is 0 Å². The number of carbonyl (C=O) groups is 1. The summed E-state index contributed by atoms with van der Waals surface area (Å²) in [5.41, 5.74) is 1.93. The monoisotopic (exact) mass is 368 g/mol. The molecular formula is C22H28N2O3. The zero-order valence-electron chi connectivity index (χ0n) is 16.1. The van der Waals surface area contributed by atoms with E-state index < -0.39 is 0 Å². The van der Waals surface area contributed by atoms with Crippen LogP contribution in [0.3, 0.4) is 0 Å². The molecule has 1 saturated heterocycles. The number of nitrogens with one attached hydrogen (secondary N) is 1. The molecule has 0 radical (unpaired) electrons. The summed E-state index contributed by atoms with van der Waals surface area (Å²) in [6, 6.07) is 15.2. The fourth-order valence-corrected chi connectivity index (χ4v) is 3.20. The van der Waals surface area contributed by atoms with Gasteiger partial charge in [-0.15, -0.1) is 0 Å². The molecule has 144 valence electrons.